The lowest BCUT2D eigenvalue weighted by Gasteiger charge is -2.64. The first kappa shape index (κ1) is 26.8. The number of hydrogen-bond acceptors (Lipinski definition) is 6. The van der Waals surface area contributed by atoms with Crippen LogP contribution < -0.4 is 10.6 Å². The second-order valence-electron chi connectivity index (χ2n) is 12.4. The predicted octanol–water partition coefficient (Wildman–Crippen LogP) is 3.62. The molecule has 2 bridgehead atoms. The van der Waals surface area contributed by atoms with Crippen LogP contribution in [0.2, 0.25) is 0 Å². The van der Waals surface area contributed by atoms with Crippen LogP contribution in [0.3, 0.4) is 0 Å². The van der Waals surface area contributed by atoms with Crippen molar-refractivity contribution in [2.45, 2.75) is 84.0 Å². The molecule has 1 unspecified atom stereocenters. The molecule has 6 atom stereocenters. The van der Waals surface area contributed by atoms with Gasteiger partial charge in [-0.25, -0.2) is 4.98 Å². The summed E-state index contributed by atoms with van der Waals surface area (Å²) in [5.41, 5.74) is 0.998. The molecule has 1 aliphatic heterocycles. The Hall–Kier alpha value is -2.78. The maximum Gasteiger partial charge on any atom is 0.481 e. The van der Waals surface area contributed by atoms with Gasteiger partial charge in [-0.3, -0.25) is 14.6 Å². The van der Waals surface area contributed by atoms with Gasteiger partial charge in [-0.05, 0) is 54.9 Å². The highest BCUT2D eigenvalue weighted by atomic mass is 16.7. The van der Waals surface area contributed by atoms with E-state index in [1.165, 1.54) is 25.0 Å². The molecule has 1 aromatic heterocycles. The Bertz CT molecular complexity index is 1150. The molecule has 202 valence electrons. The lowest BCUT2D eigenvalue weighted by molar-refractivity contribution is -0.199. The molecule has 1 aromatic carbocycles. The van der Waals surface area contributed by atoms with E-state index in [0.717, 1.165) is 12.0 Å². The number of benzene rings is 1. The molecule has 4 aliphatic rings. The fourth-order valence-corrected chi connectivity index (χ4v) is 6.81. The van der Waals surface area contributed by atoms with Crippen LogP contribution in [0.4, 0.5) is 0 Å². The van der Waals surface area contributed by atoms with Gasteiger partial charge in [0.25, 0.3) is 5.91 Å². The van der Waals surface area contributed by atoms with E-state index in [4.69, 9.17) is 9.31 Å². The summed E-state index contributed by atoms with van der Waals surface area (Å²) in [5.74, 6) is 0.359. The molecule has 0 radical (unpaired) electrons. The molecule has 2 heterocycles. The van der Waals surface area contributed by atoms with Crippen molar-refractivity contribution in [3.8, 4) is 0 Å². The summed E-state index contributed by atoms with van der Waals surface area (Å²) in [4.78, 5) is 34.8. The number of carbonyl (C=O) groups excluding carboxylic acids is 2. The summed E-state index contributed by atoms with van der Waals surface area (Å²) < 4.78 is 13.2. The van der Waals surface area contributed by atoms with Crippen molar-refractivity contribution in [2.24, 2.45) is 23.2 Å². The van der Waals surface area contributed by atoms with Gasteiger partial charge in [0.1, 0.15) is 11.7 Å². The number of rotatable bonds is 9. The summed E-state index contributed by atoms with van der Waals surface area (Å²) in [6.07, 6.45) is 7.60. The van der Waals surface area contributed by atoms with Gasteiger partial charge in [0.2, 0.25) is 5.91 Å². The first-order valence-corrected chi connectivity index (χ1v) is 13.8. The van der Waals surface area contributed by atoms with Gasteiger partial charge in [0.05, 0.1) is 23.8 Å². The van der Waals surface area contributed by atoms with Crippen molar-refractivity contribution in [2.75, 3.05) is 0 Å². The van der Waals surface area contributed by atoms with Gasteiger partial charge in [0, 0.05) is 18.8 Å². The number of aromatic nitrogens is 2. The van der Waals surface area contributed by atoms with Gasteiger partial charge in [-0.15, -0.1) is 0 Å². The normalized spacial score (nSPS) is 28.7. The van der Waals surface area contributed by atoms with Gasteiger partial charge < -0.3 is 19.9 Å². The Kier molecular flexibility index (Phi) is 7.35. The quantitative estimate of drug-likeness (QED) is 0.492. The topological polar surface area (TPSA) is 102 Å². The fourth-order valence-electron chi connectivity index (χ4n) is 6.81. The third kappa shape index (κ3) is 5.10. The van der Waals surface area contributed by atoms with Crippen LogP contribution in [-0.2, 0) is 20.5 Å². The predicted molar refractivity (Wildman–Crippen MR) is 145 cm³/mol. The van der Waals surface area contributed by atoms with Crippen molar-refractivity contribution < 1.29 is 18.9 Å². The maximum atomic E-state index is 13.8. The highest BCUT2D eigenvalue weighted by molar-refractivity contribution is 6.48. The standard InChI is InChI=1S/C29H39BN4O4/c1-18(2)13-25(30-37-24-16-20-15-23(28(20,3)4)29(24,5)38-30)34-26(35)21(14-19-9-7-6-8-10-19)33-27(36)22-17-31-11-12-32-22/h6-12,17-18,20-21,23-25H,13-16H2,1-5H3,(H,33,36)(H,34,35)/t20?,21-,23-,24+,25-,29-/m0/s1. The summed E-state index contributed by atoms with van der Waals surface area (Å²) in [6.45, 7) is 11.1. The van der Waals surface area contributed by atoms with E-state index < -0.39 is 19.1 Å². The van der Waals surface area contributed by atoms with Gasteiger partial charge >= 0.3 is 7.12 Å². The number of amides is 2. The zero-order valence-electron chi connectivity index (χ0n) is 23.0. The SMILES string of the molecule is CC(C)C[C@H](NC(=O)[C@H](Cc1ccccc1)NC(=O)c1cnccn1)B1O[C@@H]2CC3C[C@@H](C3(C)C)[C@]2(C)O1. The smallest absolute Gasteiger partial charge is 0.404 e. The molecular weight excluding hydrogens is 479 g/mol. The summed E-state index contributed by atoms with van der Waals surface area (Å²) in [6, 6.07) is 8.87. The van der Waals surface area contributed by atoms with E-state index in [9.17, 15) is 9.59 Å². The molecule has 4 fully saturated rings. The van der Waals surface area contributed by atoms with E-state index in [2.05, 4.69) is 55.2 Å². The Labute approximate surface area is 225 Å². The highest BCUT2D eigenvalue weighted by Crippen LogP contribution is 2.65. The van der Waals surface area contributed by atoms with Gasteiger partial charge in [-0.1, -0.05) is 58.0 Å². The first-order chi connectivity index (χ1) is 18.1. The Balaban J connectivity index is 1.34. The number of nitrogens with one attached hydrogen (secondary N) is 2. The average Bonchev–Trinajstić information content (AvgIpc) is 3.26. The van der Waals surface area contributed by atoms with E-state index in [0.29, 0.717) is 30.6 Å². The molecule has 9 heteroatoms. The molecule has 2 amide bonds. The van der Waals surface area contributed by atoms with E-state index in [1.54, 1.807) is 0 Å². The van der Waals surface area contributed by atoms with E-state index in [-0.39, 0.29) is 34.7 Å². The van der Waals surface area contributed by atoms with Crippen LogP contribution in [0.1, 0.15) is 69.9 Å². The first-order valence-electron chi connectivity index (χ1n) is 13.8. The Morgan fingerprint density at radius 2 is 1.87 bits per heavy atom. The molecule has 3 saturated carbocycles. The van der Waals surface area contributed by atoms with Crippen molar-refractivity contribution >= 4 is 18.9 Å². The minimum Gasteiger partial charge on any atom is -0.404 e. The van der Waals surface area contributed by atoms with Crippen molar-refractivity contribution in [3.05, 3.63) is 60.2 Å². The molecule has 2 N–H and O–H groups in total. The number of hydrogen-bond donors (Lipinski definition) is 2. The highest BCUT2D eigenvalue weighted by Gasteiger charge is 2.68. The monoisotopic (exact) mass is 518 g/mol. The second-order valence-corrected chi connectivity index (χ2v) is 12.4. The number of carbonyl (C=O) groups is 2. The van der Waals surface area contributed by atoms with Crippen LogP contribution in [0.15, 0.2) is 48.9 Å². The summed E-state index contributed by atoms with van der Waals surface area (Å²) in [7, 11) is -0.528. The molecule has 3 aliphatic carbocycles. The Morgan fingerprint density at radius 3 is 2.53 bits per heavy atom. The Morgan fingerprint density at radius 1 is 1.11 bits per heavy atom. The minimum absolute atomic E-state index is 0.0345. The minimum atomic E-state index is -0.799. The van der Waals surface area contributed by atoms with Crippen molar-refractivity contribution in [1.82, 2.24) is 20.6 Å². The van der Waals surface area contributed by atoms with Crippen LogP contribution >= 0.6 is 0 Å². The second kappa shape index (κ2) is 10.4. The molecule has 6 rings (SSSR count). The van der Waals surface area contributed by atoms with Crippen LogP contribution in [0.5, 0.6) is 0 Å². The lowest BCUT2D eigenvalue weighted by atomic mass is 9.43. The third-order valence-corrected chi connectivity index (χ3v) is 9.05. The van der Waals surface area contributed by atoms with Gasteiger partial charge in [0.15, 0.2) is 0 Å². The van der Waals surface area contributed by atoms with Crippen molar-refractivity contribution in [1.29, 1.82) is 0 Å². The number of nitrogens with zero attached hydrogens (tertiary/aromatic N) is 2. The molecule has 2 aromatic rings. The summed E-state index contributed by atoms with van der Waals surface area (Å²) >= 11 is 0. The molecular formula is C29H39BN4O4. The van der Waals surface area contributed by atoms with Gasteiger partial charge in [-0.2, -0.15) is 0 Å². The zero-order valence-corrected chi connectivity index (χ0v) is 23.0. The van der Waals surface area contributed by atoms with Crippen LogP contribution in [0, 0.1) is 23.2 Å². The third-order valence-electron chi connectivity index (χ3n) is 9.05. The van der Waals surface area contributed by atoms with E-state index in [1.807, 2.05) is 30.3 Å². The fraction of sp³-hybridized carbons (Fsp3) is 0.586. The molecule has 8 nitrogen and oxygen atoms in total. The molecule has 0 spiro atoms. The van der Waals surface area contributed by atoms with E-state index >= 15 is 0 Å². The molecule has 38 heavy (non-hydrogen) atoms. The maximum absolute atomic E-state index is 13.8. The largest absolute Gasteiger partial charge is 0.481 e. The average molecular weight is 518 g/mol. The van der Waals surface area contributed by atoms with Crippen LogP contribution in [0.25, 0.3) is 0 Å². The van der Waals surface area contributed by atoms with Crippen LogP contribution in [-0.4, -0.2) is 52.6 Å². The summed E-state index contributed by atoms with van der Waals surface area (Å²) in [5, 5.41) is 6.08. The zero-order chi connectivity index (χ0) is 27.1. The molecule has 1 saturated heterocycles. The lowest BCUT2D eigenvalue weighted by Crippen LogP contribution is -2.65. The van der Waals surface area contributed by atoms with Crippen molar-refractivity contribution in [3.63, 3.8) is 0 Å².